The zero-order valence-electron chi connectivity index (χ0n) is 14.6. The van der Waals surface area contributed by atoms with E-state index in [2.05, 4.69) is 0 Å². The van der Waals surface area contributed by atoms with Crippen molar-refractivity contribution in [3.05, 3.63) is 104 Å². The molecule has 0 saturated heterocycles. The van der Waals surface area contributed by atoms with Crippen molar-refractivity contribution in [3.63, 3.8) is 0 Å². The molecule has 2 amide bonds. The van der Waals surface area contributed by atoms with Gasteiger partial charge in [0.1, 0.15) is 5.82 Å². The van der Waals surface area contributed by atoms with Gasteiger partial charge in [0.2, 0.25) is 0 Å². The van der Waals surface area contributed by atoms with Crippen molar-refractivity contribution in [1.82, 2.24) is 4.90 Å². The molecule has 3 aromatic carbocycles. The first-order valence-corrected chi connectivity index (χ1v) is 9.36. The van der Waals surface area contributed by atoms with Gasteiger partial charge in [0.15, 0.2) is 0 Å². The van der Waals surface area contributed by atoms with Crippen LogP contribution in [-0.2, 0) is 13.0 Å². The average molecular weight is 414 g/mol. The van der Waals surface area contributed by atoms with Crippen molar-refractivity contribution >= 4 is 35.0 Å². The SMILES string of the molecule is O=C1c2ccccc2C(=O)N1Cc1cc(Cl)cc(Cl)c1Cc1ccc(F)cc1. The minimum atomic E-state index is -0.343. The van der Waals surface area contributed by atoms with Gasteiger partial charge in [0, 0.05) is 10.0 Å². The Morgan fingerprint density at radius 2 is 1.46 bits per heavy atom. The van der Waals surface area contributed by atoms with Crippen molar-refractivity contribution < 1.29 is 14.0 Å². The molecule has 1 aliphatic heterocycles. The van der Waals surface area contributed by atoms with Gasteiger partial charge >= 0.3 is 0 Å². The Morgan fingerprint density at radius 1 is 0.857 bits per heavy atom. The molecule has 28 heavy (non-hydrogen) atoms. The molecule has 1 heterocycles. The summed E-state index contributed by atoms with van der Waals surface area (Å²) < 4.78 is 13.2. The number of halogens is 3. The molecular weight excluding hydrogens is 400 g/mol. The number of rotatable bonds is 4. The van der Waals surface area contributed by atoms with Gasteiger partial charge in [-0.25, -0.2) is 4.39 Å². The second-order valence-electron chi connectivity index (χ2n) is 6.57. The zero-order valence-corrected chi connectivity index (χ0v) is 16.1. The van der Waals surface area contributed by atoms with Crippen LogP contribution >= 0.6 is 23.2 Å². The fourth-order valence-corrected chi connectivity index (χ4v) is 3.96. The standard InChI is InChI=1S/C22H14Cl2FNO2/c23-15-10-14(12-26-21(27)17-3-1-2-4-18(17)22(26)28)19(20(24)11-15)9-13-5-7-16(25)8-6-13/h1-8,10-11H,9,12H2. The summed E-state index contributed by atoms with van der Waals surface area (Å²) in [6.07, 6.45) is 0.425. The van der Waals surface area contributed by atoms with Crippen molar-refractivity contribution in [3.8, 4) is 0 Å². The van der Waals surface area contributed by atoms with Crippen molar-refractivity contribution in [2.75, 3.05) is 0 Å². The molecule has 0 aromatic heterocycles. The number of fused-ring (bicyclic) bond motifs is 1. The number of amides is 2. The van der Waals surface area contributed by atoms with Crippen LogP contribution in [0.4, 0.5) is 4.39 Å². The van der Waals surface area contributed by atoms with Gasteiger partial charge in [0.25, 0.3) is 11.8 Å². The topological polar surface area (TPSA) is 37.4 Å². The summed E-state index contributed by atoms with van der Waals surface area (Å²) in [5.74, 6) is -1.01. The number of carbonyl (C=O) groups is 2. The maximum atomic E-state index is 13.2. The third-order valence-corrected chi connectivity index (χ3v) is 5.31. The Hall–Kier alpha value is -2.69. The number of carbonyl (C=O) groups excluding carboxylic acids is 2. The quantitative estimate of drug-likeness (QED) is 0.528. The number of hydrogen-bond acceptors (Lipinski definition) is 2. The summed E-state index contributed by atoms with van der Waals surface area (Å²) in [7, 11) is 0. The number of hydrogen-bond donors (Lipinski definition) is 0. The Labute approximate surface area is 171 Å². The van der Waals surface area contributed by atoms with Gasteiger partial charge in [-0.3, -0.25) is 14.5 Å². The molecule has 4 rings (SSSR count). The molecule has 0 unspecified atom stereocenters. The molecule has 0 radical (unpaired) electrons. The third kappa shape index (κ3) is 3.41. The van der Waals surface area contributed by atoms with Crippen LogP contribution in [0.3, 0.4) is 0 Å². The summed E-state index contributed by atoms with van der Waals surface area (Å²) in [5, 5.41) is 0.850. The first kappa shape index (κ1) is 18.7. The van der Waals surface area contributed by atoms with Gasteiger partial charge in [-0.15, -0.1) is 0 Å². The normalized spacial score (nSPS) is 13.2. The lowest BCUT2D eigenvalue weighted by molar-refractivity contribution is 0.0642. The van der Waals surface area contributed by atoms with E-state index in [1.807, 2.05) is 0 Å². The van der Waals surface area contributed by atoms with Gasteiger partial charge in [-0.2, -0.15) is 0 Å². The summed E-state index contributed by atoms with van der Waals surface area (Å²) in [6.45, 7) is 0.0587. The predicted octanol–water partition coefficient (Wildman–Crippen LogP) is 5.52. The van der Waals surface area contributed by atoms with Crippen LogP contribution in [0.25, 0.3) is 0 Å². The van der Waals surface area contributed by atoms with Crippen molar-refractivity contribution in [2.45, 2.75) is 13.0 Å². The molecule has 0 saturated carbocycles. The maximum absolute atomic E-state index is 13.2. The Morgan fingerprint density at radius 3 is 2.07 bits per heavy atom. The lowest BCUT2D eigenvalue weighted by Crippen LogP contribution is -2.29. The number of imide groups is 1. The van der Waals surface area contributed by atoms with Gasteiger partial charge in [-0.1, -0.05) is 47.5 Å². The first-order chi connectivity index (χ1) is 13.4. The van der Waals surface area contributed by atoms with E-state index in [4.69, 9.17) is 23.2 Å². The molecule has 0 N–H and O–H groups in total. The summed E-state index contributed by atoms with van der Waals surface area (Å²) in [4.78, 5) is 26.6. The summed E-state index contributed by atoms with van der Waals surface area (Å²) in [6, 6.07) is 16.2. The second kappa shape index (κ2) is 7.38. The van der Waals surface area contributed by atoms with Gasteiger partial charge in [0.05, 0.1) is 17.7 Å². The smallest absolute Gasteiger partial charge is 0.261 e. The molecular formula is C22H14Cl2FNO2. The lowest BCUT2D eigenvalue weighted by Gasteiger charge is -2.18. The fraction of sp³-hybridized carbons (Fsp3) is 0.0909. The van der Waals surface area contributed by atoms with E-state index in [0.29, 0.717) is 33.2 Å². The van der Waals surface area contributed by atoms with E-state index in [-0.39, 0.29) is 24.2 Å². The van der Waals surface area contributed by atoms with Crippen molar-refractivity contribution in [1.29, 1.82) is 0 Å². The summed E-state index contributed by atoms with van der Waals surface area (Å²) in [5.41, 5.74) is 3.06. The minimum Gasteiger partial charge on any atom is -0.270 e. The molecule has 0 bridgehead atoms. The van der Waals surface area contributed by atoms with Crippen LogP contribution in [0.1, 0.15) is 37.4 Å². The van der Waals surface area contributed by atoms with Crippen LogP contribution in [0.5, 0.6) is 0 Å². The number of benzene rings is 3. The van der Waals surface area contributed by atoms with Gasteiger partial charge in [-0.05, 0) is 59.5 Å². The van der Waals surface area contributed by atoms with Crippen LogP contribution in [0, 0.1) is 5.82 Å². The highest BCUT2D eigenvalue weighted by Crippen LogP contribution is 2.31. The molecule has 1 aliphatic rings. The highest BCUT2D eigenvalue weighted by Gasteiger charge is 2.35. The van der Waals surface area contributed by atoms with E-state index >= 15 is 0 Å². The molecule has 0 atom stereocenters. The molecule has 0 spiro atoms. The molecule has 3 aromatic rings. The monoisotopic (exact) mass is 413 g/mol. The molecule has 0 fully saturated rings. The highest BCUT2D eigenvalue weighted by atomic mass is 35.5. The van der Waals surface area contributed by atoms with Crippen LogP contribution in [0.2, 0.25) is 10.0 Å². The highest BCUT2D eigenvalue weighted by molar-refractivity contribution is 6.35. The summed E-state index contributed by atoms with van der Waals surface area (Å²) >= 11 is 12.6. The largest absolute Gasteiger partial charge is 0.270 e. The average Bonchev–Trinajstić information content (AvgIpc) is 2.91. The maximum Gasteiger partial charge on any atom is 0.261 e. The van der Waals surface area contributed by atoms with Crippen LogP contribution in [-0.4, -0.2) is 16.7 Å². The van der Waals surface area contributed by atoms with Gasteiger partial charge < -0.3 is 0 Å². The molecule has 3 nitrogen and oxygen atoms in total. The van der Waals surface area contributed by atoms with Crippen LogP contribution < -0.4 is 0 Å². The Bertz CT molecular complexity index is 1060. The molecule has 140 valence electrons. The Kier molecular flexibility index (Phi) is 4.92. The van der Waals surface area contributed by atoms with E-state index in [1.54, 1.807) is 48.5 Å². The zero-order chi connectivity index (χ0) is 19.8. The van der Waals surface area contributed by atoms with Crippen LogP contribution in [0.15, 0.2) is 60.7 Å². The molecule has 6 heteroatoms. The van der Waals surface area contributed by atoms with E-state index in [9.17, 15) is 14.0 Å². The van der Waals surface area contributed by atoms with E-state index < -0.39 is 0 Å². The van der Waals surface area contributed by atoms with E-state index in [0.717, 1.165) is 11.1 Å². The van der Waals surface area contributed by atoms with E-state index in [1.165, 1.54) is 17.0 Å². The fourth-order valence-electron chi connectivity index (χ4n) is 3.36. The second-order valence-corrected chi connectivity index (χ2v) is 7.41. The minimum absolute atomic E-state index is 0.0587. The lowest BCUT2D eigenvalue weighted by atomic mass is 9.99. The van der Waals surface area contributed by atoms with Crippen molar-refractivity contribution in [2.24, 2.45) is 0 Å². The third-order valence-electron chi connectivity index (χ3n) is 4.75. The number of nitrogens with zero attached hydrogens (tertiary/aromatic N) is 1. The molecule has 0 aliphatic carbocycles. The Balaban J connectivity index is 1.69. The first-order valence-electron chi connectivity index (χ1n) is 8.60. The predicted molar refractivity (Wildman–Crippen MR) is 106 cm³/mol.